The van der Waals surface area contributed by atoms with Crippen molar-refractivity contribution >= 4 is 29.2 Å². The van der Waals surface area contributed by atoms with E-state index in [0.29, 0.717) is 44.3 Å². The molecule has 196 valence electrons. The van der Waals surface area contributed by atoms with Gasteiger partial charge in [-0.3, -0.25) is 4.79 Å². The van der Waals surface area contributed by atoms with Crippen LogP contribution in [0.25, 0.3) is 0 Å². The van der Waals surface area contributed by atoms with Crippen molar-refractivity contribution in [3.63, 3.8) is 0 Å². The Bertz CT molecular complexity index is 824. The number of alkyl halides is 3. The van der Waals surface area contributed by atoms with E-state index in [4.69, 9.17) is 4.74 Å². The lowest BCUT2D eigenvalue weighted by Gasteiger charge is -2.33. The molecule has 1 aromatic carbocycles. The van der Waals surface area contributed by atoms with E-state index in [2.05, 4.69) is 14.9 Å². The number of carbonyl (C=O) groups excluding carboxylic acids is 1. The van der Waals surface area contributed by atoms with Crippen molar-refractivity contribution in [2.24, 2.45) is 5.92 Å². The molecule has 0 saturated carbocycles. The number of likely N-dealkylation sites (tertiary alicyclic amines) is 1. The summed E-state index contributed by atoms with van der Waals surface area (Å²) in [5.41, 5.74) is -0.0223. The highest BCUT2D eigenvalue weighted by molar-refractivity contribution is 7.97. The second-order valence-corrected chi connectivity index (χ2v) is 10.4. The number of rotatable bonds is 8. The Morgan fingerprint density at radius 1 is 1.09 bits per heavy atom. The fraction of sp³-hybridized carbons (Fsp3) is 0.708. The first kappa shape index (κ1) is 26.4. The van der Waals surface area contributed by atoms with E-state index in [-0.39, 0.29) is 18.0 Å². The highest BCUT2D eigenvalue weighted by Crippen LogP contribution is 2.38. The van der Waals surface area contributed by atoms with Gasteiger partial charge in [0.1, 0.15) is 0 Å². The predicted octanol–water partition coefficient (Wildman–Crippen LogP) is 3.14. The number of halogens is 3. The monoisotopic (exact) mass is 515 g/mol. The van der Waals surface area contributed by atoms with Crippen LogP contribution in [0.4, 0.5) is 24.5 Å². The quantitative estimate of drug-likeness (QED) is 0.516. The topological polar surface area (TPSA) is 60.1 Å². The number of morpholine rings is 1. The van der Waals surface area contributed by atoms with Crippen molar-refractivity contribution < 1.29 is 22.7 Å². The fourth-order valence-corrected chi connectivity index (χ4v) is 5.92. The minimum atomic E-state index is -4.43. The summed E-state index contributed by atoms with van der Waals surface area (Å²) in [6.07, 6.45) is -2.16. The molecular weight excluding hydrogens is 479 g/mol. The molecule has 0 spiro atoms. The van der Waals surface area contributed by atoms with Crippen molar-refractivity contribution in [2.75, 3.05) is 88.1 Å². The molecule has 35 heavy (non-hydrogen) atoms. The maximum absolute atomic E-state index is 13.7. The minimum Gasteiger partial charge on any atom is -0.385 e. The fourth-order valence-electron chi connectivity index (χ4n) is 4.76. The van der Waals surface area contributed by atoms with Crippen LogP contribution in [0.15, 0.2) is 18.2 Å². The standard InChI is InChI=1S/C24H36F3N5O2S/c25-24(26,27)21-17-20(1-2-22(21)30-11-7-28-8-12-30)29-6-3-23(33)31-9-4-19(5-10-31)18-35-32-13-15-34-16-14-32/h1-2,17,19,28-29H,3-16,18H2. The van der Waals surface area contributed by atoms with Crippen LogP contribution < -0.4 is 15.5 Å². The molecule has 3 fully saturated rings. The molecule has 7 nitrogen and oxygen atoms in total. The van der Waals surface area contributed by atoms with E-state index in [1.54, 1.807) is 11.0 Å². The lowest BCUT2D eigenvalue weighted by Crippen LogP contribution is -2.44. The summed E-state index contributed by atoms with van der Waals surface area (Å²) >= 11 is 1.89. The van der Waals surface area contributed by atoms with Gasteiger partial charge in [0.15, 0.2) is 0 Å². The maximum atomic E-state index is 13.7. The van der Waals surface area contributed by atoms with Crippen molar-refractivity contribution in [3.05, 3.63) is 23.8 Å². The third kappa shape index (κ3) is 7.65. The maximum Gasteiger partial charge on any atom is 0.418 e. The second kappa shape index (κ2) is 12.5. The van der Waals surface area contributed by atoms with Gasteiger partial charge < -0.3 is 25.2 Å². The molecular formula is C24H36F3N5O2S. The molecule has 1 aromatic rings. The minimum absolute atomic E-state index is 0.0604. The lowest BCUT2D eigenvalue weighted by atomic mass is 9.99. The van der Waals surface area contributed by atoms with E-state index < -0.39 is 11.7 Å². The highest BCUT2D eigenvalue weighted by Gasteiger charge is 2.35. The first-order valence-corrected chi connectivity index (χ1v) is 13.5. The normalized spacial score (nSPS) is 20.8. The van der Waals surface area contributed by atoms with Crippen LogP contribution in [0.3, 0.4) is 0 Å². The van der Waals surface area contributed by atoms with Crippen LogP contribution in [0.5, 0.6) is 0 Å². The SMILES string of the molecule is O=C(CCNc1ccc(N2CCNCC2)c(C(F)(F)F)c1)N1CCC(CSN2CCOCC2)CC1. The number of piperazine rings is 1. The number of piperidine rings is 1. The van der Waals surface area contributed by atoms with Crippen LogP contribution in [-0.2, 0) is 15.7 Å². The van der Waals surface area contributed by atoms with Gasteiger partial charge in [-0.15, -0.1) is 0 Å². The molecule has 1 amide bonds. The molecule has 0 aromatic heterocycles. The summed E-state index contributed by atoms with van der Waals surface area (Å²) < 4.78 is 48.9. The molecule has 4 rings (SSSR count). The number of hydrogen-bond acceptors (Lipinski definition) is 7. The van der Waals surface area contributed by atoms with Gasteiger partial charge in [0.05, 0.1) is 18.8 Å². The number of nitrogens with zero attached hydrogens (tertiary/aromatic N) is 3. The first-order chi connectivity index (χ1) is 16.9. The van der Waals surface area contributed by atoms with Gasteiger partial charge in [0.25, 0.3) is 0 Å². The molecule has 2 N–H and O–H groups in total. The molecule has 3 aliphatic rings. The summed E-state index contributed by atoms with van der Waals surface area (Å²) in [5.74, 6) is 1.75. The zero-order valence-corrected chi connectivity index (χ0v) is 20.9. The highest BCUT2D eigenvalue weighted by atomic mass is 32.2. The zero-order valence-electron chi connectivity index (χ0n) is 20.1. The Morgan fingerprint density at radius 2 is 1.80 bits per heavy atom. The summed E-state index contributed by atoms with van der Waals surface area (Å²) in [4.78, 5) is 16.3. The van der Waals surface area contributed by atoms with E-state index in [1.165, 1.54) is 12.1 Å². The zero-order chi connectivity index (χ0) is 24.7. The summed E-state index contributed by atoms with van der Waals surface area (Å²) in [6.45, 7) is 7.80. The molecule has 0 atom stereocenters. The number of hydrogen-bond donors (Lipinski definition) is 2. The number of ether oxygens (including phenoxy) is 1. The molecule has 3 heterocycles. The van der Waals surface area contributed by atoms with Gasteiger partial charge in [-0.2, -0.15) is 13.2 Å². The van der Waals surface area contributed by atoms with Crippen molar-refractivity contribution in [2.45, 2.75) is 25.4 Å². The number of nitrogens with one attached hydrogen (secondary N) is 2. The average Bonchev–Trinajstić information content (AvgIpc) is 2.88. The molecule has 0 radical (unpaired) electrons. The van der Waals surface area contributed by atoms with Gasteiger partial charge in [-0.1, -0.05) is 11.9 Å². The molecule has 0 bridgehead atoms. The van der Waals surface area contributed by atoms with E-state index in [1.807, 2.05) is 16.8 Å². The van der Waals surface area contributed by atoms with Gasteiger partial charge in [-0.05, 0) is 37.0 Å². The Morgan fingerprint density at radius 3 is 2.49 bits per heavy atom. The molecule has 11 heteroatoms. The summed E-state index contributed by atoms with van der Waals surface area (Å²) in [5, 5.41) is 6.19. The first-order valence-electron chi connectivity index (χ1n) is 12.5. The smallest absolute Gasteiger partial charge is 0.385 e. The van der Waals surface area contributed by atoms with Crippen molar-refractivity contribution in [3.8, 4) is 0 Å². The number of anilines is 2. The van der Waals surface area contributed by atoms with Crippen molar-refractivity contribution in [1.29, 1.82) is 0 Å². The Labute approximate surface area is 209 Å². The Balaban J connectivity index is 1.21. The third-order valence-electron chi connectivity index (χ3n) is 6.86. The predicted molar refractivity (Wildman–Crippen MR) is 134 cm³/mol. The van der Waals surface area contributed by atoms with Crippen LogP contribution in [-0.4, -0.2) is 93.0 Å². The lowest BCUT2D eigenvalue weighted by molar-refractivity contribution is -0.137. The van der Waals surface area contributed by atoms with Gasteiger partial charge >= 0.3 is 6.18 Å². The molecule has 0 aliphatic carbocycles. The van der Waals surface area contributed by atoms with E-state index >= 15 is 0 Å². The average molecular weight is 516 g/mol. The molecule has 0 unspecified atom stereocenters. The van der Waals surface area contributed by atoms with Gasteiger partial charge in [0.2, 0.25) is 5.91 Å². The van der Waals surface area contributed by atoms with Crippen LogP contribution >= 0.6 is 11.9 Å². The number of amides is 1. The molecule has 3 aliphatic heterocycles. The van der Waals surface area contributed by atoms with Gasteiger partial charge in [0, 0.05) is 82.5 Å². The van der Waals surface area contributed by atoms with E-state index in [9.17, 15) is 18.0 Å². The number of carbonyl (C=O) groups is 1. The largest absolute Gasteiger partial charge is 0.418 e. The van der Waals surface area contributed by atoms with Crippen LogP contribution in [0.1, 0.15) is 24.8 Å². The van der Waals surface area contributed by atoms with Crippen LogP contribution in [0, 0.1) is 5.92 Å². The third-order valence-corrected chi connectivity index (χ3v) is 8.21. The van der Waals surface area contributed by atoms with Crippen molar-refractivity contribution in [1.82, 2.24) is 14.5 Å². The Hall–Kier alpha value is -1.69. The summed E-state index contributed by atoms with van der Waals surface area (Å²) in [6, 6.07) is 4.38. The number of benzene rings is 1. The second-order valence-electron chi connectivity index (χ2n) is 9.30. The molecule has 3 saturated heterocycles. The van der Waals surface area contributed by atoms with Crippen LogP contribution in [0.2, 0.25) is 0 Å². The Kier molecular flexibility index (Phi) is 9.43. The summed E-state index contributed by atoms with van der Waals surface area (Å²) in [7, 11) is 0. The van der Waals surface area contributed by atoms with E-state index in [0.717, 1.165) is 58.0 Å². The van der Waals surface area contributed by atoms with Gasteiger partial charge in [-0.25, -0.2) is 4.31 Å².